The van der Waals surface area contributed by atoms with Crippen molar-refractivity contribution in [3.05, 3.63) is 0 Å². The maximum atomic E-state index is 3.76. The van der Waals surface area contributed by atoms with Crippen molar-refractivity contribution in [2.75, 3.05) is 0 Å². The number of rotatable bonds is 7. The number of hydrogen-bond acceptors (Lipinski definition) is 3. The maximum absolute atomic E-state index is 3.76. The second-order valence-corrected chi connectivity index (χ2v) is 39.5. The first-order valence-electron chi connectivity index (χ1n) is 40.2. The Kier molecular flexibility index (Phi) is 14.5. The van der Waals surface area contributed by atoms with Gasteiger partial charge in [-0.15, -0.1) is 0 Å². The van der Waals surface area contributed by atoms with E-state index in [1.807, 2.05) is 0 Å². The largest absolute Gasteiger partial charge is 0.295 e. The van der Waals surface area contributed by atoms with Gasteiger partial charge in [-0.05, 0) is 282 Å². The van der Waals surface area contributed by atoms with Crippen molar-refractivity contribution in [3.8, 4) is 0 Å². The molecule has 4 heteroatoms. The highest BCUT2D eigenvalue weighted by Gasteiger charge is 2.85. The van der Waals surface area contributed by atoms with E-state index in [1.54, 1.807) is 244 Å². The van der Waals surface area contributed by atoms with Crippen molar-refractivity contribution in [3.63, 3.8) is 0 Å². The fraction of sp³-hybridized carbons (Fsp3) is 1.00. The average molecular weight is 1140 g/mol. The quantitative estimate of drug-likeness (QED) is 0.235. The molecule has 3 nitrogen and oxygen atoms in total. The van der Waals surface area contributed by atoms with Crippen LogP contribution in [-0.4, -0.2) is 75.8 Å². The van der Waals surface area contributed by atoms with Crippen LogP contribution in [0.4, 0.5) is 0 Å². The van der Waals surface area contributed by atoms with Gasteiger partial charge in [0.2, 0.25) is 0 Å². The summed E-state index contributed by atoms with van der Waals surface area (Å²) in [6.45, 7) is 17.1. The summed E-state index contributed by atoms with van der Waals surface area (Å²) in [6, 6.07) is 8.16. The summed E-state index contributed by atoms with van der Waals surface area (Å²) in [7, 11) is 0. The van der Waals surface area contributed by atoms with Crippen LogP contribution >= 0.6 is 0 Å². The van der Waals surface area contributed by atoms with Gasteiger partial charge in [-0.25, -0.2) is 0 Å². The highest BCUT2D eigenvalue weighted by atomic mass is 15.4. The summed E-state index contributed by atoms with van der Waals surface area (Å²) in [5.41, 5.74) is 1.76. The van der Waals surface area contributed by atoms with Gasteiger partial charge >= 0.3 is 0 Å². The molecule has 3 aliphatic heterocycles. The molecule has 3 saturated heterocycles. The lowest BCUT2D eigenvalue weighted by molar-refractivity contribution is -0.408. The molecular formula is C80H130BN3. The van der Waals surface area contributed by atoms with E-state index in [0.29, 0.717) is 10.8 Å². The summed E-state index contributed by atoms with van der Waals surface area (Å²) in [5.74, 6) is 21.7. The monoisotopic (exact) mass is 1140 g/mol. The second kappa shape index (κ2) is 21.5. The van der Waals surface area contributed by atoms with Crippen LogP contribution in [0, 0.1) is 123 Å². The molecule has 0 amide bonds. The van der Waals surface area contributed by atoms with Crippen LogP contribution < -0.4 is 0 Å². The molecule has 1 spiro atoms. The number of nitrogens with zero attached hydrogens (tertiary/aromatic N) is 3. The molecule has 0 aromatic heterocycles. The lowest BCUT2D eigenvalue weighted by atomic mass is 9.18. The van der Waals surface area contributed by atoms with Crippen LogP contribution in [0.25, 0.3) is 0 Å². The summed E-state index contributed by atoms with van der Waals surface area (Å²) in [5, 5.41) is 0. The van der Waals surface area contributed by atoms with Crippen LogP contribution in [0.15, 0.2) is 0 Å². The molecule has 468 valence electrons. The minimum atomic E-state index is 0.454. The van der Waals surface area contributed by atoms with E-state index in [9.17, 15) is 0 Å². The molecule has 23 atom stereocenters. The summed E-state index contributed by atoms with van der Waals surface area (Å²) in [4.78, 5) is 10.9. The molecule has 0 aromatic rings. The van der Waals surface area contributed by atoms with Crippen LogP contribution in [0.3, 0.4) is 0 Å². The first kappa shape index (κ1) is 56.7. The molecule has 0 bridgehead atoms. The van der Waals surface area contributed by atoms with Gasteiger partial charge in [0.25, 0.3) is 0 Å². The molecular weight excluding hydrogens is 1010 g/mol. The molecule has 0 N–H and O–H groups in total. The molecule has 18 fully saturated rings. The zero-order valence-electron chi connectivity index (χ0n) is 55.7. The van der Waals surface area contributed by atoms with Crippen molar-refractivity contribution in [1.82, 2.24) is 14.7 Å². The van der Waals surface area contributed by atoms with E-state index in [0.717, 1.165) is 190 Å². The average Bonchev–Trinajstić information content (AvgIpc) is 0.623. The number of hydrogen-bond donors (Lipinski definition) is 0. The summed E-state index contributed by atoms with van der Waals surface area (Å²) in [6.07, 6.45) is 65.0. The van der Waals surface area contributed by atoms with E-state index in [-0.39, 0.29) is 0 Å². The van der Waals surface area contributed by atoms with E-state index in [1.165, 1.54) is 19.3 Å². The van der Waals surface area contributed by atoms with Crippen molar-refractivity contribution in [1.29, 1.82) is 0 Å². The van der Waals surface area contributed by atoms with Crippen LogP contribution in [0.5, 0.6) is 0 Å². The predicted octanol–water partition coefficient (Wildman–Crippen LogP) is 20.2. The molecule has 18 aliphatic rings. The third-order valence-electron chi connectivity index (χ3n) is 35.2. The third-order valence-corrected chi connectivity index (χ3v) is 35.2. The topological polar surface area (TPSA) is 9.72 Å². The Hall–Kier alpha value is -0.0551. The molecule has 15 saturated carbocycles. The first-order chi connectivity index (χ1) is 40.9. The Bertz CT molecular complexity index is 2310. The molecule has 84 heavy (non-hydrogen) atoms. The summed E-state index contributed by atoms with van der Waals surface area (Å²) >= 11 is 0. The summed E-state index contributed by atoms with van der Waals surface area (Å²) < 4.78 is 0. The van der Waals surface area contributed by atoms with Crippen molar-refractivity contribution in [2.45, 2.75) is 377 Å². The van der Waals surface area contributed by atoms with E-state index >= 15 is 0 Å². The van der Waals surface area contributed by atoms with Gasteiger partial charge < -0.3 is 0 Å². The van der Waals surface area contributed by atoms with E-state index < -0.39 is 0 Å². The van der Waals surface area contributed by atoms with Crippen LogP contribution in [0.2, 0.25) is 17.5 Å². The zero-order chi connectivity index (χ0) is 56.1. The Morgan fingerprint density at radius 1 is 0.298 bits per heavy atom. The number of piperidine rings is 2. The fourth-order valence-corrected chi connectivity index (χ4v) is 31.8. The molecule has 18 rings (SSSR count). The molecule has 15 aliphatic carbocycles. The smallest absolute Gasteiger partial charge is 0.156 e. The Morgan fingerprint density at radius 3 is 1.33 bits per heavy atom. The Balaban J connectivity index is 0.733. The maximum Gasteiger partial charge on any atom is 0.156 e. The van der Waals surface area contributed by atoms with E-state index in [2.05, 4.69) is 56.2 Å². The Morgan fingerprint density at radius 2 is 0.774 bits per heavy atom. The Labute approximate surface area is 518 Å². The SMILES string of the molecule is CC(C)(C)C1CC2CCC3CC(C(C)(C)C)CC4C(C5CCC6B7C8CC(C9CCCCC9)CCC8N(C8CCC(C9CCCCC9)CC8)C8CC(N9C%10CC%11CC%12CC9C%11%12%10)CC(C78)N(C7CCC(C8CCCCC8)CC7)C6C5)CC(C1)C2C34. The third kappa shape index (κ3) is 8.80. The van der Waals surface area contributed by atoms with Gasteiger partial charge in [0.05, 0.1) is 0 Å². The van der Waals surface area contributed by atoms with E-state index in [4.69, 9.17) is 0 Å². The van der Waals surface area contributed by atoms with Crippen LogP contribution in [0.1, 0.15) is 305 Å². The predicted molar refractivity (Wildman–Crippen MR) is 350 cm³/mol. The minimum Gasteiger partial charge on any atom is -0.295 e. The molecule has 0 aromatic carbocycles. The highest BCUT2D eigenvalue weighted by molar-refractivity contribution is 6.65. The zero-order valence-corrected chi connectivity index (χ0v) is 55.7. The van der Waals surface area contributed by atoms with Crippen LogP contribution in [-0.2, 0) is 0 Å². The molecule has 23 unspecified atom stereocenters. The lowest BCUT2D eigenvalue weighted by Crippen LogP contribution is -2.94. The van der Waals surface area contributed by atoms with Gasteiger partial charge in [0.15, 0.2) is 6.71 Å². The highest BCUT2D eigenvalue weighted by Crippen LogP contribution is 2.83. The molecule has 0 radical (unpaired) electrons. The second-order valence-electron chi connectivity index (χ2n) is 39.5. The van der Waals surface area contributed by atoms with Crippen molar-refractivity contribution >= 4 is 6.71 Å². The number of fused-ring (bicyclic) bond motifs is 4. The first-order valence-corrected chi connectivity index (χ1v) is 40.2. The van der Waals surface area contributed by atoms with Gasteiger partial charge in [-0.2, -0.15) is 0 Å². The lowest BCUT2D eigenvalue weighted by Gasteiger charge is -2.90. The van der Waals surface area contributed by atoms with Crippen molar-refractivity contribution < 1.29 is 0 Å². The van der Waals surface area contributed by atoms with Gasteiger partial charge in [-0.3, -0.25) is 14.7 Å². The normalized spacial score (nSPS) is 54.4. The standard InChI is InChI=1S/C80H130BN3/c1-78(2,3)58-36-55-22-23-56-37-59(79(4,5)6)43-66-65(39-57(38-58)75(55)76(56)66)54-28-34-67-70(41-54)83(63-32-26-52(27-33-63)49-18-12-8-13-19-49)72-47-64(84-73-44-60-42-61-45-74(84)80(60,61)73)46-71-77(72)81(67)68-40-53(50-20-14-9-15-21-50)29-35-69(68)82(71)62-30-24-51(25-31-62)48-16-10-7-11-17-48/h48-77H,7-47H2,1-6H3. The van der Waals surface area contributed by atoms with Crippen molar-refractivity contribution in [2.24, 2.45) is 123 Å². The van der Waals surface area contributed by atoms with Gasteiger partial charge in [0, 0.05) is 59.8 Å². The fourth-order valence-electron chi connectivity index (χ4n) is 31.8. The van der Waals surface area contributed by atoms with Gasteiger partial charge in [-0.1, -0.05) is 157 Å². The number of likely N-dealkylation sites (tertiary alicyclic amines) is 1. The minimum absolute atomic E-state index is 0.454. The molecule has 3 heterocycles. The van der Waals surface area contributed by atoms with Gasteiger partial charge in [0.1, 0.15) is 0 Å².